The fourth-order valence-electron chi connectivity index (χ4n) is 16.4. The van der Waals surface area contributed by atoms with Gasteiger partial charge in [-0.25, -0.2) is 0 Å². The van der Waals surface area contributed by atoms with Crippen LogP contribution in [-0.2, 0) is 100.0 Å². The number of nitrogens with one attached hydrogen (secondary N) is 3. The Morgan fingerprint density at radius 2 is 0.758 bits per heavy atom. The van der Waals surface area contributed by atoms with Gasteiger partial charge in [-0.05, 0) is 127 Å². The average Bonchev–Trinajstić information content (AvgIpc) is 1.26. The highest BCUT2D eigenvalue weighted by molar-refractivity contribution is 8.76. The number of carbonyl (C=O) groups excluding carboxylic acids is 9. The Hall–Kier alpha value is -4.23. The summed E-state index contributed by atoms with van der Waals surface area (Å²) in [6, 6.07) is 0.0132. The Labute approximate surface area is 768 Å². The van der Waals surface area contributed by atoms with Gasteiger partial charge in [0.25, 0.3) is 0 Å². The van der Waals surface area contributed by atoms with Crippen LogP contribution in [0.15, 0.2) is 0 Å². The van der Waals surface area contributed by atoms with Gasteiger partial charge < -0.3 is 124 Å². The molecule has 0 aliphatic carbocycles. The molecule has 17 atom stereocenters. The summed E-state index contributed by atoms with van der Waals surface area (Å²) in [6.45, 7) is 8.43. The number of nitrogens with zero attached hydrogens (tertiary/aromatic N) is 1. The van der Waals surface area contributed by atoms with Crippen molar-refractivity contribution in [2.45, 2.75) is 370 Å². The van der Waals surface area contributed by atoms with Gasteiger partial charge in [0.05, 0.1) is 116 Å². The van der Waals surface area contributed by atoms with Crippen LogP contribution in [0.4, 0.5) is 0 Å². The van der Waals surface area contributed by atoms with Crippen LogP contribution in [-0.4, -0.2) is 328 Å². The van der Waals surface area contributed by atoms with Crippen molar-refractivity contribution in [3.63, 3.8) is 0 Å². The largest absolute Gasteiger partial charge is 0.466 e. The molecular formula is C92H164N4O30S2. The minimum atomic E-state index is -1.22. The number of likely N-dealkylation sites (tertiary alicyclic amines) is 1. The molecule has 0 radical (unpaired) electrons. The van der Waals surface area contributed by atoms with Gasteiger partial charge in [0, 0.05) is 147 Å². The number of rotatable bonds is 79. The molecule has 0 aromatic heterocycles. The highest BCUT2D eigenvalue weighted by atomic mass is 33.1. The van der Waals surface area contributed by atoms with E-state index in [0.717, 1.165) is 108 Å². The number of Topliss-reactive ketones (excluding diaryl/α,β-unsaturated/α-hetero) is 3. The van der Waals surface area contributed by atoms with E-state index in [0.29, 0.717) is 175 Å². The molecule has 0 bridgehead atoms. The second-order valence-corrected chi connectivity index (χ2v) is 37.8. The van der Waals surface area contributed by atoms with Gasteiger partial charge in [-0.1, -0.05) is 107 Å². The van der Waals surface area contributed by atoms with Crippen LogP contribution < -0.4 is 16.0 Å². The van der Waals surface area contributed by atoms with Crippen LogP contribution in [0, 0.1) is 23.2 Å². The molecule has 128 heavy (non-hydrogen) atoms. The van der Waals surface area contributed by atoms with Gasteiger partial charge in [0.2, 0.25) is 23.6 Å². The summed E-state index contributed by atoms with van der Waals surface area (Å²) in [5.74, 6) is -0.543. The van der Waals surface area contributed by atoms with Gasteiger partial charge in [-0.3, -0.25) is 43.2 Å². The third-order valence-electron chi connectivity index (χ3n) is 24.4. The van der Waals surface area contributed by atoms with Gasteiger partial charge in [0.15, 0.2) is 18.9 Å². The second kappa shape index (κ2) is 71.3. The first-order valence-corrected chi connectivity index (χ1v) is 50.4. The van der Waals surface area contributed by atoms with Crippen LogP contribution in [0.3, 0.4) is 0 Å². The molecule has 4 fully saturated rings. The van der Waals surface area contributed by atoms with E-state index in [1.807, 2.05) is 4.90 Å². The van der Waals surface area contributed by atoms with Crippen molar-refractivity contribution in [3.05, 3.63) is 0 Å². The number of unbranched alkanes of at least 4 members (excludes halogenated alkanes) is 14. The Morgan fingerprint density at radius 3 is 1.21 bits per heavy atom. The molecule has 12 N–H and O–H groups in total. The van der Waals surface area contributed by atoms with Crippen LogP contribution >= 0.6 is 21.6 Å². The highest BCUT2D eigenvalue weighted by Gasteiger charge is 2.45. The van der Waals surface area contributed by atoms with E-state index in [2.05, 4.69) is 16.0 Å². The van der Waals surface area contributed by atoms with Crippen molar-refractivity contribution in [1.29, 1.82) is 0 Å². The zero-order valence-electron chi connectivity index (χ0n) is 77.6. The molecule has 4 aliphatic heterocycles. The SMILES string of the molecule is COC[C@H]1C[C@H](OC)CN1C(=O)CCCCC(=O)CCCSSCCOCCOCCC(=O)CC(CCCCC(=O)NCCCCCCCC(=O)CCCOC1OC(CO)C(O)C(O)C1C)(CCCOC(=O)CCCCCCCNC(=O)CCCOC1OC(CO)C(O)C(O)C1C)CCCOC(=O)CCCCCCCNC(=O)CCCOC1OC(CO)C(O)C(O)C1C. The second-order valence-electron chi connectivity index (χ2n) is 35.0. The molecule has 34 nitrogen and oxygen atoms in total. The fourth-order valence-corrected chi connectivity index (χ4v) is 18.4. The highest BCUT2D eigenvalue weighted by Crippen LogP contribution is 2.41. The molecule has 744 valence electrons. The Morgan fingerprint density at radius 1 is 0.383 bits per heavy atom. The molecular weight excluding hydrogens is 1710 g/mol. The Balaban J connectivity index is 1.24. The van der Waals surface area contributed by atoms with Gasteiger partial charge >= 0.3 is 11.9 Å². The topological polar surface area (TPSA) is 486 Å². The third kappa shape index (κ3) is 49.8. The average molecular weight is 1870 g/mol. The van der Waals surface area contributed by atoms with Gasteiger partial charge in [0.1, 0.15) is 54.0 Å². The maximum atomic E-state index is 14.2. The lowest BCUT2D eigenvalue weighted by Gasteiger charge is -2.40. The first kappa shape index (κ1) is 116. The van der Waals surface area contributed by atoms with Crippen molar-refractivity contribution in [2.24, 2.45) is 23.2 Å². The summed E-state index contributed by atoms with van der Waals surface area (Å²) in [5, 5.41) is 98.7. The number of hydrogen-bond acceptors (Lipinski definition) is 32. The van der Waals surface area contributed by atoms with Crippen LogP contribution in [0.5, 0.6) is 0 Å². The fraction of sp³-hybridized carbons (Fsp3) is 0.902. The number of esters is 2. The first-order chi connectivity index (χ1) is 61.8. The summed E-state index contributed by atoms with van der Waals surface area (Å²) in [6.07, 6.45) is 11.3. The number of ether oxygens (including phenoxy) is 12. The molecule has 4 aliphatic rings. The molecule has 4 rings (SSSR count). The number of carbonyl (C=O) groups is 9. The molecule has 0 spiro atoms. The maximum absolute atomic E-state index is 14.2. The third-order valence-corrected chi connectivity index (χ3v) is 26.9. The van der Waals surface area contributed by atoms with E-state index in [1.54, 1.807) is 56.6 Å². The van der Waals surface area contributed by atoms with E-state index in [1.165, 1.54) is 0 Å². The molecule has 4 amide bonds. The molecule has 4 heterocycles. The summed E-state index contributed by atoms with van der Waals surface area (Å²) in [7, 11) is 6.67. The lowest BCUT2D eigenvalue weighted by molar-refractivity contribution is -0.282. The summed E-state index contributed by atoms with van der Waals surface area (Å²) in [5.41, 5.74) is -0.592. The number of hydrogen-bond donors (Lipinski definition) is 12. The molecule has 4 saturated heterocycles. The summed E-state index contributed by atoms with van der Waals surface area (Å²) < 4.78 is 68.2. The normalized spacial score (nSPS) is 24.6. The van der Waals surface area contributed by atoms with Crippen molar-refractivity contribution < 1.29 is 146 Å². The first-order valence-electron chi connectivity index (χ1n) is 47.9. The standard InChI is InChI=1S/C92H164N4O30S2/c1-66-83(109)86(112)74(62-97)124-89(66)121-48-25-33-70(100)31-15-9-6-12-22-45-93-77(103)35-20-21-42-92(43-29-51-119-81(107)39-16-10-7-13-23-46-94-78(104)36-26-49-122-90-67(2)84(110)87(113)75(63-98)125-90,44-30-52-120-82(108)40-17-11-8-14-24-47-95-79(105)37-27-50-123-91-68(3)85(111)88(114)76(64-99)126-91)60-72(102)41-53-117-54-55-118-56-58-128-127-57-28-34-71(101)32-18-19-38-80(106)96-61-73(116-5)59-69(96)65-115-4/h66-69,73-76,83-91,97-99,109-114H,6-65H2,1-5H3,(H,93,103)(H,94,104)(H,95,105)/t66?,67?,68?,69-,73+,74?,75?,76?,83?,84?,85?,86?,87?,88?,89?,90?,91?,92?/m1/s1. The van der Waals surface area contributed by atoms with Crippen molar-refractivity contribution in [3.8, 4) is 0 Å². The van der Waals surface area contributed by atoms with E-state index in [4.69, 9.17) is 56.8 Å². The van der Waals surface area contributed by atoms with E-state index in [9.17, 15) is 89.1 Å². The van der Waals surface area contributed by atoms with E-state index < -0.39 is 117 Å². The van der Waals surface area contributed by atoms with Crippen LogP contribution in [0.2, 0.25) is 0 Å². The monoisotopic (exact) mass is 1870 g/mol. The quantitative estimate of drug-likeness (QED) is 0.0158. The zero-order chi connectivity index (χ0) is 93.5. The Bertz CT molecular complexity index is 2770. The van der Waals surface area contributed by atoms with Crippen molar-refractivity contribution in [1.82, 2.24) is 20.9 Å². The van der Waals surface area contributed by atoms with Crippen molar-refractivity contribution >= 4 is 74.5 Å². The van der Waals surface area contributed by atoms with E-state index in [-0.39, 0.29) is 150 Å². The maximum Gasteiger partial charge on any atom is 0.305 e. The Kier molecular flexibility index (Phi) is 64.7. The van der Waals surface area contributed by atoms with Gasteiger partial charge in [-0.15, -0.1) is 0 Å². The predicted octanol–water partition coefficient (Wildman–Crippen LogP) is 7.67. The number of ketones is 3. The summed E-state index contributed by atoms with van der Waals surface area (Å²) >= 11 is 0. The predicted molar refractivity (Wildman–Crippen MR) is 481 cm³/mol. The number of amides is 4. The number of aliphatic hydroxyl groups excluding tert-OH is 9. The van der Waals surface area contributed by atoms with Gasteiger partial charge in [-0.2, -0.15) is 0 Å². The lowest BCUT2D eigenvalue weighted by Crippen LogP contribution is -2.55. The minimum absolute atomic E-state index is 0.00599. The molecule has 0 aromatic rings. The molecule has 0 saturated carbocycles. The van der Waals surface area contributed by atoms with Crippen LogP contribution in [0.1, 0.15) is 284 Å². The smallest absolute Gasteiger partial charge is 0.305 e. The minimum Gasteiger partial charge on any atom is -0.466 e. The molecule has 15 unspecified atom stereocenters. The number of aliphatic hydroxyl groups is 9. The zero-order valence-corrected chi connectivity index (χ0v) is 79.2. The summed E-state index contributed by atoms with van der Waals surface area (Å²) in [4.78, 5) is 119. The van der Waals surface area contributed by atoms with E-state index >= 15 is 0 Å². The van der Waals surface area contributed by atoms with Crippen molar-refractivity contribution in [2.75, 3.05) is 138 Å². The lowest BCUT2D eigenvalue weighted by atomic mass is 9.71. The molecule has 0 aromatic carbocycles. The van der Waals surface area contributed by atoms with Crippen LogP contribution in [0.25, 0.3) is 0 Å². The number of methoxy groups -OCH3 is 2. The molecule has 36 heteroatoms.